The van der Waals surface area contributed by atoms with Crippen molar-refractivity contribution in [2.24, 2.45) is 4.99 Å². The molecule has 3 aromatic rings. The minimum atomic E-state index is -1.34. The van der Waals surface area contributed by atoms with E-state index in [0.29, 0.717) is 19.5 Å². The van der Waals surface area contributed by atoms with Crippen LogP contribution in [-0.4, -0.2) is 72.2 Å². The third kappa shape index (κ3) is 5.43. The maximum Gasteiger partial charge on any atom is 0.124 e. The molecule has 0 unspecified atom stereocenters. The van der Waals surface area contributed by atoms with Crippen molar-refractivity contribution in [3.63, 3.8) is 0 Å². The Labute approximate surface area is 218 Å². The van der Waals surface area contributed by atoms with E-state index in [0.717, 1.165) is 54.1 Å². The van der Waals surface area contributed by atoms with Gasteiger partial charge in [0.2, 0.25) is 0 Å². The molecule has 1 fully saturated rings. The minimum Gasteiger partial charge on any atom is -0.488 e. The highest BCUT2D eigenvalue weighted by atomic mass is 19.1. The summed E-state index contributed by atoms with van der Waals surface area (Å²) in [5.41, 5.74) is 4.34. The van der Waals surface area contributed by atoms with Crippen LogP contribution in [0.1, 0.15) is 55.6 Å². The highest BCUT2D eigenvalue weighted by molar-refractivity contribution is 5.85. The van der Waals surface area contributed by atoms with Crippen LogP contribution in [-0.2, 0) is 13.0 Å². The van der Waals surface area contributed by atoms with Gasteiger partial charge in [0.1, 0.15) is 17.5 Å². The monoisotopic (exact) mass is 508 g/mol. The molecule has 2 atom stereocenters. The quantitative estimate of drug-likeness (QED) is 0.348. The van der Waals surface area contributed by atoms with E-state index in [-0.39, 0.29) is 24.9 Å². The van der Waals surface area contributed by atoms with E-state index >= 15 is 4.39 Å². The first kappa shape index (κ1) is 25.9. The predicted octanol–water partition coefficient (Wildman–Crippen LogP) is 5.88. The number of aromatic amines is 1. The summed E-state index contributed by atoms with van der Waals surface area (Å²) in [6, 6.07) is 14.6. The first-order valence-electron chi connectivity index (χ1n) is 13.3. The van der Waals surface area contributed by atoms with Crippen molar-refractivity contribution in [2.45, 2.75) is 64.0 Å². The average molecular weight is 509 g/mol. The topological polar surface area (TPSA) is 43.9 Å². The number of aliphatic imine (C=N–C) groups is 1. The van der Waals surface area contributed by atoms with E-state index in [1.54, 1.807) is 13.8 Å². The molecule has 0 aliphatic carbocycles. The van der Waals surface area contributed by atoms with Crippen LogP contribution < -0.4 is 4.74 Å². The lowest BCUT2D eigenvalue weighted by atomic mass is 9.86. The van der Waals surface area contributed by atoms with E-state index in [9.17, 15) is 4.39 Å². The van der Waals surface area contributed by atoms with Gasteiger partial charge in [-0.3, -0.25) is 19.2 Å². The normalized spacial score (nSPS) is 21.1. The van der Waals surface area contributed by atoms with Gasteiger partial charge in [-0.25, -0.2) is 4.39 Å². The zero-order valence-electron chi connectivity index (χ0n) is 22.1. The fourth-order valence-electron chi connectivity index (χ4n) is 5.96. The van der Waals surface area contributed by atoms with Gasteiger partial charge < -0.3 is 9.72 Å². The molecule has 2 aromatic carbocycles. The number of hydrogen-bond acceptors (Lipinski definition) is 4. The molecule has 198 valence electrons. The number of nitrogens with one attached hydrogen (secondary N) is 1. The highest BCUT2D eigenvalue weighted by Gasteiger charge is 2.39. The molecule has 2 aliphatic rings. The lowest BCUT2D eigenvalue weighted by molar-refractivity contribution is 0.0183. The van der Waals surface area contributed by atoms with Crippen LogP contribution in [0, 0.1) is 0 Å². The molecule has 37 heavy (non-hydrogen) atoms. The summed E-state index contributed by atoms with van der Waals surface area (Å²) in [7, 11) is 0. The smallest absolute Gasteiger partial charge is 0.124 e. The number of H-pyrrole nitrogens is 1. The maximum absolute atomic E-state index is 15.1. The van der Waals surface area contributed by atoms with Crippen LogP contribution in [0.2, 0.25) is 0 Å². The largest absolute Gasteiger partial charge is 0.488 e. The molecule has 0 bridgehead atoms. The Morgan fingerprint density at radius 2 is 1.97 bits per heavy atom. The van der Waals surface area contributed by atoms with Crippen molar-refractivity contribution in [2.75, 3.05) is 32.9 Å². The molecule has 1 saturated heterocycles. The third-order valence-corrected chi connectivity index (χ3v) is 7.60. The fourth-order valence-corrected chi connectivity index (χ4v) is 5.96. The summed E-state index contributed by atoms with van der Waals surface area (Å²) in [6.45, 7) is 12.1. The van der Waals surface area contributed by atoms with Gasteiger partial charge in [0, 0.05) is 48.8 Å². The summed E-state index contributed by atoms with van der Waals surface area (Å²) >= 11 is 0. The second-order valence-corrected chi connectivity index (χ2v) is 11.2. The third-order valence-electron chi connectivity index (χ3n) is 7.60. The summed E-state index contributed by atoms with van der Waals surface area (Å²) in [4.78, 5) is 12.4. The Morgan fingerprint density at radius 1 is 1.19 bits per heavy atom. The second-order valence-electron chi connectivity index (χ2n) is 11.2. The lowest BCUT2D eigenvalue weighted by Crippen LogP contribution is -2.53. The Morgan fingerprint density at radius 3 is 2.70 bits per heavy atom. The fraction of sp³-hybridized carbons (Fsp3) is 0.500. The summed E-state index contributed by atoms with van der Waals surface area (Å²) in [6.07, 6.45) is 1.54. The van der Waals surface area contributed by atoms with Gasteiger partial charge in [-0.15, -0.1) is 0 Å². The lowest BCUT2D eigenvalue weighted by Gasteiger charge is -2.43. The van der Waals surface area contributed by atoms with Gasteiger partial charge >= 0.3 is 0 Å². The number of aromatic nitrogens is 1. The van der Waals surface area contributed by atoms with Crippen LogP contribution in [0.5, 0.6) is 5.75 Å². The van der Waals surface area contributed by atoms with E-state index in [1.165, 1.54) is 10.9 Å². The molecule has 2 aliphatic heterocycles. The van der Waals surface area contributed by atoms with Crippen LogP contribution >= 0.6 is 0 Å². The molecule has 5 rings (SSSR count). The van der Waals surface area contributed by atoms with Crippen LogP contribution in [0.15, 0.2) is 47.5 Å². The number of rotatable bonds is 10. The molecular formula is C30H38F2N4O. The molecule has 0 spiro atoms. The predicted molar refractivity (Wildman–Crippen MR) is 146 cm³/mol. The van der Waals surface area contributed by atoms with Gasteiger partial charge in [-0.05, 0) is 75.2 Å². The molecular weight excluding hydrogens is 470 g/mol. The maximum atomic E-state index is 15.1. The van der Waals surface area contributed by atoms with Crippen molar-refractivity contribution < 1.29 is 13.5 Å². The molecule has 5 nitrogen and oxygen atoms in total. The van der Waals surface area contributed by atoms with Crippen molar-refractivity contribution in [3.8, 4) is 5.75 Å². The van der Waals surface area contributed by atoms with Crippen LogP contribution in [0.4, 0.5) is 8.78 Å². The number of fused-ring (bicyclic) bond motifs is 3. The summed E-state index contributed by atoms with van der Waals surface area (Å²) < 4.78 is 33.8. The number of benzene rings is 2. The van der Waals surface area contributed by atoms with Gasteiger partial charge in [-0.2, -0.15) is 0 Å². The van der Waals surface area contributed by atoms with Gasteiger partial charge in [0.05, 0.1) is 19.3 Å². The Kier molecular flexibility index (Phi) is 7.37. The van der Waals surface area contributed by atoms with Crippen molar-refractivity contribution in [3.05, 3.63) is 64.8 Å². The van der Waals surface area contributed by atoms with Crippen molar-refractivity contribution in [1.29, 1.82) is 0 Å². The van der Waals surface area contributed by atoms with Gasteiger partial charge in [0.25, 0.3) is 0 Å². The number of nitrogens with zero attached hydrogens (tertiary/aromatic N) is 3. The molecule has 3 heterocycles. The zero-order chi connectivity index (χ0) is 26.2. The molecule has 0 saturated carbocycles. The van der Waals surface area contributed by atoms with Crippen LogP contribution in [0.3, 0.4) is 0 Å². The van der Waals surface area contributed by atoms with E-state index in [4.69, 9.17) is 4.74 Å². The van der Waals surface area contributed by atoms with E-state index in [2.05, 4.69) is 63.7 Å². The molecule has 1 aromatic heterocycles. The number of para-hydroxylation sites is 1. The van der Waals surface area contributed by atoms with Gasteiger partial charge in [0.15, 0.2) is 0 Å². The minimum absolute atomic E-state index is 0.105. The zero-order valence-corrected chi connectivity index (χ0v) is 22.1. The number of ether oxygens (including phenoxy) is 1. The first-order valence-corrected chi connectivity index (χ1v) is 13.3. The van der Waals surface area contributed by atoms with Gasteiger partial charge in [-0.1, -0.05) is 24.3 Å². The van der Waals surface area contributed by atoms with Crippen molar-refractivity contribution >= 4 is 17.6 Å². The number of likely N-dealkylation sites (tertiary alicyclic amines) is 1. The summed E-state index contributed by atoms with van der Waals surface area (Å²) in [5.74, 6) is 0.802. The highest BCUT2D eigenvalue weighted by Crippen LogP contribution is 2.43. The second kappa shape index (κ2) is 10.5. The standard InChI is InChI=1S/C30H38F2N4O/c1-20-14-26-25-8-5-6-9-27(25)34-28(26)29(36(20)19-30(2,3)32)24-11-10-22(15-21(24)16-33-4)37-23-17-35(18-23)13-7-12-31/h5-6,8-11,15,20,23,29,34H,4,7,12-14,16-19H2,1-3H3/t20-,29-/m1/s1. The first-order chi connectivity index (χ1) is 17.8. The molecule has 0 amide bonds. The Hall–Kier alpha value is -2.77. The SMILES string of the molecule is C=NCc1cc(OC2CN(CCCF)C2)ccc1[C@@H]1c2[nH]c3ccccc3c2C[C@@H](C)N1CC(C)(C)F. The average Bonchev–Trinajstić information content (AvgIpc) is 3.19. The molecule has 1 N–H and O–H groups in total. The molecule has 0 radical (unpaired) electrons. The van der Waals surface area contributed by atoms with Crippen molar-refractivity contribution in [1.82, 2.24) is 14.8 Å². The van der Waals surface area contributed by atoms with Crippen LogP contribution in [0.25, 0.3) is 10.9 Å². The number of hydrogen-bond donors (Lipinski definition) is 1. The summed E-state index contributed by atoms with van der Waals surface area (Å²) in [5, 5.41) is 1.24. The Balaban J connectivity index is 1.50. The Bertz CT molecular complexity index is 1240. The number of halogens is 2. The molecule has 7 heteroatoms. The van der Waals surface area contributed by atoms with E-state index < -0.39 is 5.67 Å². The van der Waals surface area contributed by atoms with E-state index in [1.807, 2.05) is 12.1 Å². The number of alkyl halides is 2.